The minimum Gasteiger partial charge on any atom is -0.337 e. The Morgan fingerprint density at radius 1 is 1.22 bits per heavy atom. The van der Waals surface area contributed by atoms with Crippen molar-refractivity contribution in [2.75, 3.05) is 13.1 Å². The fourth-order valence-electron chi connectivity index (χ4n) is 3.59. The zero-order valence-electron chi connectivity index (χ0n) is 15.1. The normalized spacial score (nSPS) is 17.1. The standard InChI is InChI=1S/C20H21N5O2/c1-24-18(10-17(23-24)14-6-3-2-4-7-14)20(27)25-9-5-8-15(12-25)16-11-19(26)22-13-21-16/h2-4,6-7,10-11,13,15H,5,8-9,12H2,1H3,(H,21,22,26)/t15-/m1/s1. The Morgan fingerprint density at radius 2 is 2.04 bits per heavy atom. The van der Waals surface area contributed by atoms with Gasteiger partial charge in [0.15, 0.2) is 0 Å². The van der Waals surface area contributed by atoms with Crippen molar-refractivity contribution in [2.24, 2.45) is 7.05 Å². The number of amides is 1. The average molecular weight is 363 g/mol. The number of nitrogens with one attached hydrogen (secondary N) is 1. The number of aromatic nitrogens is 4. The molecule has 1 fully saturated rings. The Bertz CT molecular complexity index is 1010. The van der Waals surface area contributed by atoms with Gasteiger partial charge in [-0.1, -0.05) is 30.3 Å². The molecule has 1 aliphatic heterocycles. The molecule has 138 valence electrons. The molecule has 1 aromatic carbocycles. The first kappa shape index (κ1) is 17.2. The predicted molar refractivity (Wildman–Crippen MR) is 101 cm³/mol. The number of hydrogen-bond acceptors (Lipinski definition) is 4. The maximum atomic E-state index is 13.1. The van der Waals surface area contributed by atoms with Gasteiger partial charge in [0, 0.05) is 37.7 Å². The van der Waals surface area contributed by atoms with Crippen molar-refractivity contribution in [3.63, 3.8) is 0 Å². The first-order valence-corrected chi connectivity index (χ1v) is 9.05. The van der Waals surface area contributed by atoms with Crippen LogP contribution in [-0.4, -0.2) is 43.6 Å². The van der Waals surface area contributed by atoms with E-state index < -0.39 is 0 Å². The number of aromatic amines is 1. The second-order valence-corrected chi connectivity index (χ2v) is 6.83. The van der Waals surface area contributed by atoms with Crippen LogP contribution in [0.4, 0.5) is 0 Å². The number of carbonyl (C=O) groups is 1. The van der Waals surface area contributed by atoms with Crippen LogP contribution >= 0.6 is 0 Å². The van der Waals surface area contributed by atoms with Gasteiger partial charge in [0.25, 0.3) is 11.5 Å². The zero-order valence-corrected chi connectivity index (χ0v) is 15.1. The fourth-order valence-corrected chi connectivity index (χ4v) is 3.59. The van der Waals surface area contributed by atoms with Gasteiger partial charge in [-0.2, -0.15) is 5.10 Å². The fraction of sp³-hybridized carbons (Fsp3) is 0.300. The first-order valence-electron chi connectivity index (χ1n) is 9.05. The number of carbonyl (C=O) groups excluding carboxylic acids is 1. The largest absolute Gasteiger partial charge is 0.337 e. The van der Waals surface area contributed by atoms with Crippen LogP contribution < -0.4 is 5.56 Å². The smallest absolute Gasteiger partial charge is 0.272 e. The molecule has 0 radical (unpaired) electrons. The van der Waals surface area contributed by atoms with E-state index in [-0.39, 0.29) is 17.4 Å². The SMILES string of the molecule is Cn1nc(-c2ccccc2)cc1C(=O)N1CCC[C@@H](c2cc(=O)[nH]cn2)C1. The molecule has 1 atom stereocenters. The minimum absolute atomic E-state index is 0.0401. The van der Waals surface area contributed by atoms with E-state index in [2.05, 4.69) is 15.1 Å². The van der Waals surface area contributed by atoms with Crippen molar-refractivity contribution in [1.29, 1.82) is 0 Å². The Hall–Kier alpha value is -3.22. The van der Waals surface area contributed by atoms with Crippen LogP contribution in [0.25, 0.3) is 11.3 Å². The topological polar surface area (TPSA) is 83.9 Å². The number of likely N-dealkylation sites (tertiary alicyclic amines) is 1. The summed E-state index contributed by atoms with van der Waals surface area (Å²) in [6.45, 7) is 1.26. The third-order valence-electron chi connectivity index (χ3n) is 4.99. The summed E-state index contributed by atoms with van der Waals surface area (Å²) in [5, 5.41) is 4.50. The van der Waals surface area contributed by atoms with Crippen LogP contribution in [0.15, 0.2) is 53.6 Å². The summed E-state index contributed by atoms with van der Waals surface area (Å²) in [7, 11) is 1.79. The highest BCUT2D eigenvalue weighted by Gasteiger charge is 2.28. The molecule has 1 N–H and O–H groups in total. The maximum Gasteiger partial charge on any atom is 0.272 e. The second kappa shape index (κ2) is 7.19. The molecule has 1 aliphatic rings. The molecule has 0 aliphatic carbocycles. The summed E-state index contributed by atoms with van der Waals surface area (Å²) in [6, 6.07) is 13.2. The molecule has 27 heavy (non-hydrogen) atoms. The second-order valence-electron chi connectivity index (χ2n) is 6.83. The summed E-state index contributed by atoms with van der Waals surface area (Å²) in [4.78, 5) is 33.3. The molecule has 0 saturated carbocycles. The van der Waals surface area contributed by atoms with Gasteiger partial charge < -0.3 is 9.88 Å². The minimum atomic E-state index is -0.164. The van der Waals surface area contributed by atoms with Gasteiger partial charge in [-0.25, -0.2) is 4.98 Å². The van der Waals surface area contributed by atoms with Crippen LogP contribution in [0.2, 0.25) is 0 Å². The van der Waals surface area contributed by atoms with E-state index in [0.717, 1.165) is 29.8 Å². The lowest BCUT2D eigenvalue weighted by molar-refractivity contribution is 0.0694. The van der Waals surface area contributed by atoms with E-state index in [1.165, 1.54) is 12.4 Å². The lowest BCUT2D eigenvalue weighted by atomic mass is 9.94. The molecule has 7 nitrogen and oxygen atoms in total. The van der Waals surface area contributed by atoms with Crippen molar-refractivity contribution >= 4 is 5.91 Å². The lowest BCUT2D eigenvalue weighted by Crippen LogP contribution is -2.40. The predicted octanol–water partition coefficient (Wildman–Crippen LogP) is 2.19. The Balaban J connectivity index is 1.56. The summed E-state index contributed by atoms with van der Waals surface area (Å²) < 4.78 is 1.64. The van der Waals surface area contributed by atoms with Crippen molar-refractivity contribution in [3.8, 4) is 11.3 Å². The third kappa shape index (κ3) is 3.53. The number of nitrogens with zero attached hydrogens (tertiary/aromatic N) is 4. The lowest BCUT2D eigenvalue weighted by Gasteiger charge is -2.32. The van der Waals surface area contributed by atoms with Gasteiger partial charge in [-0.15, -0.1) is 0 Å². The van der Waals surface area contributed by atoms with Gasteiger partial charge in [0.2, 0.25) is 0 Å². The monoisotopic (exact) mass is 363 g/mol. The molecule has 1 saturated heterocycles. The van der Waals surface area contributed by atoms with Crippen molar-refractivity contribution in [3.05, 3.63) is 70.5 Å². The van der Waals surface area contributed by atoms with E-state index in [4.69, 9.17) is 0 Å². The van der Waals surface area contributed by atoms with E-state index >= 15 is 0 Å². The summed E-state index contributed by atoms with van der Waals surface area (Å²) >= 11 is 0. The van der Waals surface area contributed by atoms with Crippen molar-refractivity contribution in [2.45, 2.75) is 18.8 Å². The zero-order chi connectivity index (χ0) is 18.8. The van der Waals surface area contributed by atoms with Crippen LogP contribution in [0.5, 0.6) is 0 Å². The Labute approximate surface area is 156 Å². The molecule has 3 heterocycles. The molecule has 4 rings (SSSR count). The van der Waals surface area contributed by atoms with E-state index in [1.54, 1.807) is 11.7 Å². The molecule has 0 bridgehead atoms. The summed E-state index contributed by atoms with van der Waals surface area (Å²) in [6.07, 6.45) is 3.22. The molecule has 3 aromatic rings. The molecule has 7 heteroatoms. The van der Waals surface area contributed by atoms with Crippen molar-refractivity contribution in [1.82, 2.24) is 24.6 Å². The van der Waals surface area contributed by atoms with Crippen LogP contribution in [0, 0.1) is 0 Å². The Kier molecular flexibility index (Phi) is 4.58. The van der Waals surface area contributed by atoms with E-state index in [9.17, 15) is 9.59 Å². The summed E-state index contributed by atoms with van der Waals surface area (Å²) in [5.41, 5.74) is 2.91. The highest BCUT2D eigenvalue weighted by atomic mass is 16.2. The first-order chi connectivity index (χ1) is 13.1. The van der Waals surface area contributed by atoms with Gasteiger partial charge >= 0.3 is 0 Å². The highest BCUT2D eigenvalue weighted by molar-refractivity contribution is 5.93. The van der Waals surface area contributed by atoms with Crippen LogP contribution in [0.1, 0.15) is 34.9 Å². The molecular weight excluding hydrogens is 342 g/mol. The number of H-pyrrole nitrogens is 1. The van der Waals surface area contributed by atoms with Crippen LogP contribution in [-0.2, 0) is 7.05 Å². The Morgan fingerprint density at radius 3 is 2.81 bits per heavy atom. The number of aryl methyl sites for hydroxylation is 1. The number of rotatable bonds is 3. The van der Waals surface area contributed by atoms with Crippen LogP contribution in [0.3, 0.4) is 0 Å². The maximum absolute atomic E-state index is 13.1. The van der Waals surface area contributed by atoms with Gasteiger partial charge in [0.05, 0.1) is 17.7 Å². The average Bonchev–Trinajstić information content (AvgIpc) is 3.10. The quantitative estimate of drug-likeness (QED) is 0.773. The van der Waals surface area contributed by atoms with Gasteiger partial charge in [-0.3, -0.25) is 14.3 Å². The molecular formula is C20H21N5O2. The number of piperidine rings is 1. The van der Waals surface area contributed by atoms with Gasteiger partial charge in [-0.05, 0) is 18.9 Å². The van der Waals surface area contributed by atoms with E-state index in [0.29, 0.717) is 18.8 Å². The van der Waals surface area contributed by atoms with Crippen molar-refractivity contribution < 1.29 is 4.79 Å². The third-order valence-corrected chi connectivity index (χ3v) is 4.99. The number of benzene rings is 1. The van der Waals surface area contributed by atoms with Gasteiger partial charge in [0.1, 0.15) is 5.69 Å². The highest BCUT2D eigenvalue weighted by Crippen LogP contribution is 2.26. The molecule has 1 amide bonds. The molecule has 0 unspecified atom stereocenters. The molecule has 0 spiro atoms. The molecule has 2 aromatic heterocycles. The summed E-state index contributed by atoms with van der Waals surface area (Å²) in [5.74, 6) is 0.0357. The van der Waals surface area contributed by atoms with E-state index in [1.807, 2.05) is 41.3 Å². The number of hydrogen-bond donors (Lipinski definition) is 1.